The predicted octanol–water partition coefficient (Wildman–Crippen LogP) is 2.70. The zero-order chi connectivity index (χ0) is 9.31. The van der Waals surface area contributed by atoms with Crippen LogP contribution < -0.4 is 4.74 Å². The van der Waals surface area contributed by atoms with Gasteiger partial charge in [0.1, 0.15) is 5.75 Å². The quantitative estimate of drug-likeness (QED) is 0.695. The van der Waals surface area contributed by atoms with E-state index >= 15 is 0 Å². The molecule has 0 aromatic heterocycles. The summed E-state index contributed by atoms with van der Waals surface area (Å²) < 4.78 is 18.0. The van der Waals surface area contributed by atoms with E-state index in [1.165, 1.54) is 0 Å². The van der Waals surface area contributed by atoms with Crippen LogP contribution in [0.1, 0.15) is 18.4 Å². The summed E-state index contributed by atoms with van der Waals surface area (Å²) in [5, 5.41) is 0. The molecular weight excluding hydrogens is 167 g/mol. The number of para-hydroxylation sites is 1. The van der Waals surface area contributed by atoms with Crippen LogP contribution in [0.4, 0.5) is 4.39 Å². The highest BCUT2D eigenvalue weighted by atomic mass is 19.1. The molecule has 1 saturated carbocycles. The molecule has 1 nitrogen and oxygen atoms in total. The highest BCUT2D eigenvalue weighted by Crippen LogP contribution is 2.51. The lowest BCUT2D eigenvalue weighted by Gasteiger charge is -2.14. The standard InChI is InChI=1S/C11H13FO/c1-13-10-5-3-2-4-9(10)11(8-12)6-7-11/h2-5H,6-8H2,1H3. The van der Waals surface area contributed by atoms with E-state index in [1.807, 2.05) is 24.3 Å². The fourth-order valence-corrected chi connectivity index (χ4v) is 1.71. The van der Waals surface area contributed by atoms with Crippen LogP contribution in [0.3, 0.4) is 0 Å². The number of methoxy groups -OCH3 is 1. The molecule has 0 atom stereocenters. The first-order valence-corrected chi connectivity index (χ1v) is 4.52. The van der Waals surface area contributed by atoms with Crippen molar-refractivity contribution in [2.24, 2.45) is 0 Å². The Kier molecular flexibility index (Phi) is 1.98. The second-order valence-corrected chi connectivity index (χ2v) is 3.61. The van der Waals surface area contributed by atoms with Crippen LogP contribution in [0.25, 0.3) is 0 Å². The van der Waals surface area contributed by atoms with Crippen LogP contribution in [0.2, 0.25) is 0 Å². The number of ether oxygens (including phenoxy) is 1. The monoisotopic (exact) mass is 180 g/mol. The van der Waals surface area contributed by atoms with Crippen molar-refractivity contribution in [1.82, 2.24) is 0 Å². The van der Waals surface area contributed by atoms with Crippen LogP contribution in [-0.4, -0.2) is 13.8 Å². The first-order chi connectivity index (χ1) is 6.32. The van der Waals surface area contributed by atoms with Crippen molar-refractivity contribution >= 4 is 0 Å². The van der Waals surface area contributed by atoms with E-state index in [9.17, 15) is 4.39 Å². The van der Waals surface area contributed by atoms with Crippen LogP contribution in [0, 0.1) is 0 Å². The Balaban J connectivity index is 2.39. The van der Waals surface area contributed by atoms with Gasteiger partial charge in [0.05, 0.1) is 13.8 Å². The van der Waals surface area contributed by atoms with Gasteiger partial charge in [-0.1, -0.05) is 18.2 Å². The van der Waals surface area contributed by atoms with Gasteiger partial charge < -0.3 is 4.74 Å². The number of alkyl halides is 1. The van der Waals surface area contributed by atoms with Crippen molar-refractivity contribution in [3.8, 4) is 5.75 Å². The minimum absolute atomic E-state index is 0.216. The average Bonchev–Trinajstić information content (AvgIpc) is 2.98. The van der Waals surface area contributed by atoms with Gasteiger partial charge in [-0.05, 0) is 18.9 Å². The maximum absolute atomic E-state index is 12.8. The Morgan fingerprint density at radius 1 is 1.38 bits per heavy atom. The van der Waals surface area contributed by atoms with E-state index in [-0.39, 0.29) is 12.1 Å². The van der Waals surface area contributed by atoms with Crippen molar-refractivity contribution < 1.29 is 9.13 Å². The molecule has 1 aromatic rings. The number of hydrogen-bond acceptors (Lipinski definition) is 1. The van der Waals surface area contributed by atoms with E-state index in [0.29, 0.717) is 0 Å². The molecule has 2 heteroatoms. The predicted molar refractivity (Wildman–Crippen MR) is 49.9 cm³/mol. The minimum atomic E-state index is -0.270. The first-order valence-electron chi connectivity index (χ1n) is 4.52. The molecule has 0 unspecified atom stereocenters. The number of benzene rings is 1. The van der Waals surface area contributed by atoms with Gasteiger partial charge in [0.25, 0.3) is 0 Å². The second kappa shape index (κ2) is 3.02. The maximum atomic E-state index is 12.8. The highest BCUT2D eigenvalue weighted by molar-refractivity contribution is 5.43. The topological polar surface area (TPSA) is 9.23 Å². The molecule has 1 aliphatic carbocycles. The third-order valence-electron chi connectivity index (χ3n) is 2.79. The molecule has 0 N–H and O–H groups in total. The smallest absolute Gasteiger partial charge is 0.122 e. The highest BCUT2D eigenvalue weighted by Gasteiger charge is 2.46. The molecule has 1 aromatic carbocycles. The summed E-state index contributed by atoms with van der Waals surface area (Å²) in [6, 6.07) is 7.71. The fourth-order valence-electron chi connectivity index (χ4n) is 1.71. The zero-order valence-corrected chi connectivity index (χ0v) is 7.72. The lowest BCUT2D eigenvalue weighted by atomic mass is 9.96. The van der Waals surface area contributed by atoms with E-state index in [0.717, 1.165) is 24.2 Å². The summed E-state index contributed by atoms with van der Waals surface area (Å²) in [6.07, 6.45) is 1.90. The van der Waals surface area contributed by atoms with Crippen molar-refractivity contribution in [2.75, 3.05) is 13.8 Å². The Hall–Kier alpha value is -1.05. The SMILES string of the molecule is COc1ccccc1C1(CF)CC1. The molecule has 13 heavy (non-hydrogen) atoms. The third-order valence-corrected chi connectivity index (χ3v) is 2.79. The van der Waals surface area contributed by atoms with E-state index in [2.05, 4.69) is 0 Å². The number of rotatable bonds is 3. The molecule has 0 saturated heterocycles. The van der Waals surface area contributed by atoms with Crippen LogP contribution in [0.5, 0.6) is 5.75 Å². The molecule has 1 aliphatic rings. The molecular formula is C11H13FO. The Labute approximate surface area is 77.5 Å². The molecule has 0 bridgehead atoms. The number of hydrogen-bond donors (Lipinski definition) is 0. The summed E-state index contributed by atoms with van der Waals surface area (Å²) in [6.45, 7) is -0.270. The van der Waals surface area contributed by atoms with Gasteiger partial charge in [-0.3, -0.25) is 4.39 Å². The van der Waals surface area contributed by atoms with E-state index in [1.54, 1.807) is 7.11 Å². The zero-order valence-electron chi connectivity index (χ0n) is 7.72. The molecule has 1 fully saturated rings. The fraction of sp³-hybridized carbons (Fsp3) is 0.455. The summed E-state index contributed by atoms with van der Waals surface area (Å²) in [5.41, 5.74) is 0.812. The van der Waals surface area contributed by atoms with Crippen molar-refractivity contribution in [3.63, 3.8) is 0 Å². The molecule has 70 valence electrons. The van der Waals surface area contributed by atoms with Crippen LogP contribution in [0.15, 0.2) is 24.3 Å². The largest absolute Gasteiger partial charge is 0.496 e. The molecule has 0 spiro atoms. The first kappa shape index (κ1) is 8.54. The van der Waals surface area contributed by atoms with Gasteiger partial charge in [-0.25, -0.2) is 0 Å². The number of halogens is 1. The molecule has 0 radical (unpaired) electrons. The van der Waals surface area contributed by atoms with Crippen LogP contribution in [-0.2, 0) is 5.41 Å². The lowest BCUT2D eigenvalue weighted by Crippen LogP contribution is -2.10. The third kappa shape index (κ3) is 1.30. The van der Waals surface area contributed by atoms with Crippen molar-refractivity contribution in [2.45, 2.75) is 18.3 Å². The van der Waals surface area contributed by atoms with Gasteiger partial charge in [0.15, 0.2) is 0 Å². The van der Waals surface area contributed by atoms with E-state index < -0.39 is 0 Å². The van der Waals surface area contributed by atoms with Crippen molar-refractivity contribution in [1.29, 1.82) is 0 Å². The van der Waals surface area contributed by atoms with Gasteiger partial charge in [0.2, 0.25) is 0 Å². The van der Waals surface area contributed by atoms with E-state index in [4.69, 9.17) is 4.74 Å². The summed E-state index contributed by atoms with van der Waals surface area (Å²) >= 11 is 0. The molecule has 0 aliphatic heterocycles. The normalized spacial score (nSPS) is 18.3. The minimum Gasteiger partial charge on any atom is -0.496 e. The Morgan fingerprint density at radius 2 is 2.08 bits per heavy atom. The summed E-state index contributed by atoms with van der Waals surface area (Å²) in [4.78, 5) is 0. The molecule has 0 amide bonds. The van der Waals surface area contributed by atoms with Gasteiger partial charge in [-0.2, -0.15) is 0 Å². The summed E-state index contributed by atoms with van der Waals surface area (Å²) in [7, 11) is 1.63. The second-order valence-electron chi connectivity index (χ2n) is 3.61. The Bertz CT molecular complexity index is 305. The Morgan fingerprint density at radius 3 is 2.62 bits per heavy atom. The van der Waals surface area contributed by atoms with Crippen molar-refractivity contribution in [3.05, 3.63) is 29.8 Å². The van der Waals surface area contributed by atoms with Gasteiger partial charge in [0, 0.05) is 11.0 Å². The average molecular weight is 180 g/mol. The maximum Gasteiger partial charge on any atom is 0.122 e. The van der Waals surface area contributed by atoms with Crippen LogP contribution >= 0.6 is 0 Å². The molecule has 2 rings (SSSR count). The summed E-state index contributed by atoms with van der Waals surface area (Å²) in [5.74, 6) is 0.817. The lowest BCUT2D eigenvalue weighted by molar-refractivity contribution is 0.379. The van der Waals surface area contributed by atoms with Gasteiger partial charge >= 0.3 is 0 Å². The van der Waals surface area contributed by atoms with Gasteiger partial charge in [-0.15, -0.1) is 0 Å². The molecule has 0 heterocycles.